The first-order valence-electron chi connectivity index (χ1n) is 9.11. The molecule has 1 aliphatic carbocycles. The van der Waals surface area contributed by atoms with Gasteiger partial charge in [0.05, 0.1) is 0 Å². The van der Waals surface area contributed by atoms with E-state index in [1.54, 1.807) is 5.57 Å². The van der Waals surface area contributed by atoms with Crippen molar-refractivity contribution >= 4 is 10.2 Å². The van der Waals surface area contributed by atoms with E-state index >= 15 is 0 Å². The number of benzene rings is 1. The molecular weight excluding hydrogens is 298 g/mol. The van der Waals surface area contributed by atoms with E-state index < -0.39 is 10.2 Å². The Morgan fingerprint density at radius 2 is 1.74 bits per heavy atom. The molecule has 126 valence electrons. The van der Waals surface area contributed by atoms with Crippen molar-refractivity contribution in [2.45, 2.75) is 51.2 Å². The lowest BCUT2D eigenvalue weighted by Crippen LogP contribution is -2.22. The maximum absolute atomic E-state index is 3.75. The number of hydrogen-bond acceptors (Lipinski definition) is 1. The summed E-state index contributed by atoms with van der Waals surface area (Å²) < 4.78 is 3.75. The molecule has 0 aromatic heterocycles. The molecule has 0 amide bonds. The van der Waals surface area contributed by atoms with Gasteiger partial charge in [-0.3, -0.25) is 4.72 Å². The molecule has 2 heteroatoms. The monoisotopic (exact) mass is 329 g/mol. The van der Waals surface area contributed by atoms with Crippen molar-refractivity contribution in [1.82, 2.24) is 4.72 Å². The van der Waals surface area contributed by atoms with Gasteiger partial charge in [-0.05, 0) is 53.7 Å². The third-order valence-electron chi connectivity index (χ3n) is 5.40. The Hall–Kier alpha value is -0.990. The molecule has 1 N–H and O–H groups in total. The molecule has 1 aliphatic heterocycles. The lowest BCUT2D eigenvalue weighted by atomic mass is 9.84. The fourth-order valence-corrected chi connectivity index (χ4v) is 7.79. The summed E-state index contributed by atoms with van der Waals surface area (Å²) in [6.45, 7) is 4.73. The van der Waals surface area contributed by atoms with E-state index in [0.717, 1.165) is 5.92 Å². The summed E-state index contributed by atoms with van der Waals surface area (Å²) in [5, 5.41) is 5.68. The van der Waals surface area contributed by atoms with E-state index in [1.165, 1.54) is 37.7 Å². The van der Waals surface area contributed by atoms with Gasteiger partial charge in [0.1, 0.15) is 0 Å². The minimum Gasteiger partial charge on any atom is -0.277 e. The van der Waals surface area contributed by atoms with E-state index in [0.29, 0.717) is 11.2 Å². The summed E-state index contributed by atoms with van der Waals surface area (Å²) >= 11 is 0. The highest BCUT2D eigenvalue weighted by molar-refractivity contribution is 8.37. The van der Waals surface area contributed by atoms with Crippen LogP contribution in [-0.2, 0) is 0 Å². The van der Waals surface area contributed by atoms with Crippen LogP contribution in [0.5, 0.6) is 0 Å². The smallest absolute Gasteiger partial charge is 0.0348 e. The number of allylic oxidation sites excluding steroid dienone is 2. The van der Waals surface area contributed by atoms with Crippen molar-refractivity contribution in [3.05, 3.63) is 58.4 Å². The topological polar surface area (TPSA) is 12.0 Å². The zero-order valence-corrected chi connectivity index (χ0v) is 15.6. The molecule has 0 spiro atoms. The van der Waals surface area contributed by atoms with Gasteiger partial charge in [0, 0.05) is 5.25 Å². The number of rotatable bonds is 5. The van der Waals surface area contributed by atoms with Crippen LogP contribution in [0.2, 0.25) is 0 Å². The Morgan fingerprint density at radius 3 is 2.35 bits per heavy atom. The largest absolute Gasteiger partial charge is 0.277 e. The Labute approximate surface area is 143 Å². The SMILES string of the molecule is CNS1(C(c2ccccc2)C(C)C)C=CC(C2CCCCC2)=C1. The molecular formula is C21H31NS. The Bertz CT molecular complexity index is 569. The van der Waals surface area contributed by atoms with Crippen LogP contribution < -0.4 is 4.72 Å². The molecule has 1 fully saturated rings. The van der Waals surface area contributed by atoms with Gasteiger partial charge in [-0.15, -0.1) is 10.2 Å². The van der Waals surface area contributed by atoms with E-state index in [-0.39, 0.29) is 0 Å². The predicted octanol–water partition coefficient (Wildman–Crippen LogP) is 6.31. The minimum absolute atomic E-state index is 0.547. The first-order valence-corrected chi connectivity index (χ1v) is 10.9. The van der Waals surface area contributed by atoms with E-state index in [2.05, 4.69) is 72.8 Å². The average molecular weight is 330 g/mol. The Morgan fingerprint density at radius 1 is 1.04 bits per heavy atom. The maximum atomic E-state index is 3.75. The maximum Gasteiger partial charge on any atom is 0.0348 e. The van der Waals surface area contributed by atoms with Gasteiger partial charge >= 0.3 is 0 Å². The molecule has 2 atom stereocenters. The van der Waals surface area contributed by atoms with Crippen molar-refractivity contribution in [1.29, 1.82) is 0 Å². The Balaban J connectivity index is 1.93. The van der Waals surface area contributed by atoms with E-state index in [9.17, 15) is 0 Å². The summed E-state index contributed by atoms with van der Waals surface area (Å²) in [5.74, 6) is 1.41. The predicted molar refractivity (Wildman–Crippen MR) is 104 cm³/mol. The lowest BCUT2D eigenvalue weighted by Gasteiger charge is -2.43. The van der Waals surface area contributed by atoms with Crippen LogP contribution in [-0.4, -0.2) is 7.05 Å². The fraction of sp³-hybridized carbons (Fsp3) is 0.524. The first kappa shape index (κ1) is 16.9. The van der Waals surface area contributed by atoms with Gasteiger partial charge in [-0.1, -0.05) is 69.5 Å². The van der Waals surface area contributed by atoms with Crippen LogP contribution in [0.3, 0.4) is 0 Å². The van der Waals surface area contributed by atoms with Gasteiger partial charge in [0.15, 0.2) is 0 Å². The molecule has 1 heterocycles. The lowest BCUT2D eigenvalue weighted by molar-refractivity contribution is 0.409. The van der Waals surface area contributed by atoms with Crippen LogP contribution in [0, 0.1) is 11.8 Å². The van der Waals surface area contributed by atoms with Crippen molar-refractivity contribution in [3.63, 3.8) is 0 Å². The summed E-state index contributed by atoms with van der Waals surface area (Å²) in [5.41, 5.74) is 3.08. The summed E-state index contributed by atoms with van der Waals surface area (Å²) in [4.78, 5) is 0. The Kier molecular flexibility index (Phi) is 5.33. The van der Waals surface area contributed by atoms with Crippen molar-refractivity contribution in [2.24, 2.45) is 11.8 Å². The molecule has 3 rings (SSSR count). The molecule has 1 nitrogen and oxygen atoms in total. The van der Waals surface area contributed by atoms with Crippen molar-refractivity contribution in [2.75, 3.05) is 7.05 Å². The zero-order valence-electron chi connectivity index (χ0n) is 14.8. The first-order chi connectivity index (χ1) is 11.2. The summed E-state index contributed by atoms with van der Waals surface area (Å²) in [7, 11) is 1.07. The third-order valence-corrected chi connectivity index (χ3v) is 9.01. The standard InChI is InChI=1S/C21H31NS/c1-17(2)21(19-12-8-5-9-13-19)23(22-3)15-14-20(16-23)18-10-6-4-7-11-18/h5,8-9,12-18,21-22H,4,6-7,10-11H2,1-3H3. The second kappa shape index (κ2) is 7.27. The van der Waals surface area contributed by atoms with Crippen LogP contribution in [0.4, 0.5) is 0 Å². The molecule has 1 aromatic rings. The number of hydrogen-bond donors (Lipinski definition) is 1. The van der Waals surface area contributed by atoms with Gasteiger partial charge in [0.25, 0.3) is 0 Å². The molecule has 0 saturated heterocycles. The molecule has 1 saturated carbocycles. The van der Waals surface area contributed by atoms with Crippen LogP contribution in [0.25, 0.3) is 0 Å². The van der Waals surface area contributed by atoms with Crippen molar-refractivity contribution in [3.8, 4) is 0 Å². The minimum atomic E-state index is -1.08. The van der Waals surface area contributed by atoms with E-state index in [1.807, 2.05) is 0 Å². The highest BCUT2D eigenvalue weighted by atomic mass is 32.3. The highest BCUT2D eigenvalue weighted by Crippen LogP contribution is 2.65. The quantitative estimate of drug-likeness (QED) is 0.667. The van der Waals surface area contributed by atoms with Gasteiger partial charge in [-0.2, -0.15) is 0 Å². The summed E-state index contributed by atoms with van der Waals surface area (Å²) in [6, 6.07) is 11.1. The molecule has 1 aromatic carbocycles. The van der Waals surface area contributed by atoms with Crippen LogP contribution >= 0.6 is 10.2 Å². The second-order valence-corrected chi connectivity index (χ2v) is 10.2. The molecule has 0 radical (unpaired) electrons. The second-order valence-electron chi connectivity index (χ2n) is 7.30. The average Bonchev–Trinajstić information content (AvgIpc) is 3.02. The van der Waals surface area contributed by atoms with Crippen LogP contribution in [0.15, 0.2) is 52.8 Å². The number of nitrogens with one attached hydrogen (secondary N) is 1. The van der Waals surface area contributed by atoms with Gasteiger partial charge in [0.2, 0.25) is 0 Å². The molecule has 23 heavy (non-hydrogen) atoms. The third kappa shape index (κ3) is 3.44. The van der Waals surface area contributed by atoms with Gasteiger partial charge in [-0.25, -0.2) is 0 Å². The zero-order chi connectivity index (χ0) is 16.3. The van der Waals surface area contributed by atoms with E-state index in [4.69, 9.17) is 0 Å². The normalized spacial score (nSPS) is 29.3. The van der Waals surface area contributed by atoms with Crippen molar-refractivity contribution < 1.29 is 0 Å². The van der Waals surface area contributed by atoms with Gasteiger partial charge < -0.3 is 0 Å². The molecule has 0 bridgehead atoms. The van der Waals surface area contributed by atoms with Crippen LogP contribution in [0.1, 0.15) is 56.8 Å². The highest BCUT2D eigenvalue weighted by Gasteiger charge is 2.35. The molecule has 2 aliphatic rings. The fourth-order valence-electron chi connectivity index (χ4n) is 4.28. The molecule has 2 unspecified atom stereocenters. The summed E-state index contributed by atoms with van der Waals surface area (Å²) in [6.07, 6.45) is 9.45.